The maximum Gasteiger partial charge on any atom is 0.228 e. The minimum atomic E-state index is 0.242. The normalized spacial score (nSPS) is 17.2. The number of anilines is 1. The molecule has 1 N–H and O–H groups in total. The minimum absolute atomic E-state index is 0.242. The maximum atomic E-state index is 5.53. The SMILES string of the molecule is CO[C@@H]1CCN(c2nnc(-c3n[nH]c4ccccc34)n2Cc2cccs2)C1. The van der Waals surface area contributed by atoms with E-state index in [1.807, 2.05) is 18.2 Å². The van der Waals surface area contributed by atoms with E-state index in [1.165, 1.54) is 4.88 Å². The van der Waals surface area contributed by atoms with Crippen LogP contribution < -0.4 is 4.90 Å². The number of methoxy groups -OCH3 is 1. The quantitative estimate of drug-likeness (QED) is 0.576. The van der Waals surface area contributed by atoms with Gasteiger partial charge in [-0.25, -0.2) is 0 Å². The predicted molar refractivity (Wildman–Crippen MR) is 106 cm³/mol. The fourth-order valence-electron chi connectivity index (χ4n) is 3.64. The van der Waals surface area contributed by atoms with Crippen LogP contribution in [0.15, 0.2) is 41.8 Å². The third-order valence-corrected chi connectivity index (χ3v) is 5.93. The zero-order valence-corrected chi connectivity index (χ0v) is 15.8. The first-order chi connectivity index (χ1) is 13.3. The first kappa shape index (κ1) is 16.5. The van der Waals surface area contributed by atoms with Crippen molar-refractivity contribution in [3.63, 3.8) is 0 Å². The third kappa shape index (κ3) is 2.90. The van der Waals surface area contributed by atoms with Crippen molar-refractivity contribution in [2.75, 3.05) is 25.1 Å². The number of aromatic nitrogens is 5. The fraction of sp³-hybridized carbons (Fsp3) is 0.316. The number of para-hydroxylation sites is 1. The van der Waals surface area contributed by atoms with Crippen LogP contribution in [0.3, 0.4) is 0 Å². The predicted octanol–water partition coefficient (Wildman–Crippen LogP) is 3.16. The number of benzene rings is 1. The molecule has 1 aliphatic heterocycles. The molecule has 138 valence electrons. The molecule has 0 aliphatic carbocycles. The molecule has 0 spiro atoms. The Morgan fingerprint density at radius 1 is 1.22 bits per heavy atom. The molecule has 4 aromatic rings. The Morgan fingerprint density at radius 2 is 2.15 bits per heavy atom. The highest BCUT2D eigenvalue weighted by Crippen LogP contribution is 2.30. The molecule has 1 aliphatic rings. The number of rotatable bonds is 5. The van der Waals surface area contributed by atoms with E-state index >= 15 is 0 Å². The number of nitrogens with one attached hydrogen (secondary N) is 1. The summed E-state index contributed by atoms with van der Waals surface area (Å²) in [6, 6.07) is 12.3. The average molecular weight is 380 g/mol. The van der Waals surface area contributed by atoms with Crippen molar-refractivity contribution in [3.8, 4) is 11.5 Å². The molecule has 27 heavy (non-hydrogen) atoms. The Morgan fingerprint density at radius 3 is 2.96 bits per heavy atom. The van der Waals surface area contributed by atoms with E-state index in [0.717, 1.165) is 54.4 Å². The topological polar surface area (TPSA) is 71.9 Å². The summed E-state index contributed by atoms with van der Waals surface area (Å²) in [7, 11) is 1.77. The van der Waals surface area contributed by atoms with Gasteiger partial charge in [0.15, 0.2) is 5.82 Å². The Balaban J connectivity index is 1.61. The van der Waals surface area contributed by atoms with Gasteiger partial charge in [-0.2, -0.15) is 5.10 Å². The fourth-order valence-corrected chi connectivity index (χ4v) is 4.34. The van der Waals surface area contributed by atoms with E-state index < -0.39 is 0 Å². The van der Waals surface area contributed by atoms with Crippen molar-refractivity contribution in [2.45, 2.75) is 19.1 Å². The smallest absolute Gasteiger partial charge is 0.228 e. The van der Waals surface area contributed by atoms with Crippen LogP contribution in [0, 0.1) is 0 Å². The monoisotopic (exact) mass is 380 g/mol. The van der Waals surface area contributed by atoms with Gasteiger partial charge in [0, 0.05) is 30.5 Å². The molecule has 0 unspecified atom stereocenters. The third-order valence-electron chi connectivity index (χ3n) is 5.07. The molecule has 0 amide bonds. The summed E-state index contributed by atoms with van der Waals surface area (Å²) in [5, 5.41) is 19.9. The molecular weight excluding hydrogens is 360 g/mol. The highest BCUT2D eigenvalue weighted by molar-refractivity contribution is 7.09. The summed E-state index contributed by atoms with van der Waals surface area (Å²) in [5.74, 6) is 1.67. The van der Waals surface area contributed by atoms with Crippen molar-refractivity contribution in [1.29, 1.82) is 0 Å². The van der Waals surface area contributed by atoms with E-state index in [2.05, 4.69) is 53.4 Å². The Labute approximate surface area is 160 Å². The molecule has 1 atom stereocenters. The number of fused-ring (bicyclic) bond motifs is 1. The lowest BCUT2D eigenvalue weighted by Crippen LogP contribution is -2.25. The van der Waals surface area contributed by atoms with Gasteiger partial charge in [0.05, 0.1) is 18.2 Å². The van der Waals surface area contributed by atoms with Crippen LogP contribution in [0.4, 0.5) is 5.95 Å². The van der Waals surface area contributed by atoms with Crippen LogP contribution >= 0.6 is 11.3 Å². The molecule has 7 nitrogen and oxygen atoms in total. The number of hydrogen-bond acceptors (Lipinski definition) is 6. The summed E-state index contributed by atoms with van der Waals surface area (Å²) in [6.07, 6.45) is 1.25. The molecule has 0 bridgehead atoms. The number of hydrogen-bond donors (Lipinski definition) is 1. The van der Waals surface area contributed by atoms with Crippen LogP contribution in [0.5, 0.6) is 0 Å². The van der Waals surface area contributed by atoms with E-state index in [1.54, 1.807) is 18.4 Å². The first-order valence-corrected chi connectivity index (χ1v) is 9.88. The van der Waals surface area contributed by atoms with E-state index in [0.29, 0.717) is 0 Å². The van der Waals surface area contributed by atoms with Crippen molar-refractivity contribution in [1.82, 2.24) is 25.0 Å². The molecule has 0 radical (unpaired) electrons. The molecule has 5 rings (SSSR count). The van der Waals surface area contributed by atoms with Crippen molar-refractivity contribution >= 4 is 28.2 Å². The second-order valence-corrected chi connectivity index (χ2v) is 7.73. The molecular formula is C19H20N6OS. The van der Waals surface area contributed by atoms with Gasteiger partial charge in [-0.1, -0.05) is 24.3 Å². The van der Waals surface area contributed by atoms with Gasteiger partial charge in [-0.15, -0.1) is 21.5 Å². The summed E-state index contributed by atoms with van der Waals surface area (Å²) in [4.78, 5) is 3.52. The maximum absolute atomic E-state index is 5.53. The summed E-state index contributed by atoms with van der Waals surface area (Å²) < 4.78 is 7.70. The largest absolute Gasteiger partial charge is 0.380 e. The molecule has 1 aromatic carbocycles. The summed E-state index contributed by atoms with van der Waals surface area (Å²) in [5.41, 5.74) is 1.84. The lowest BCUT2D eigenvalue weighted by molar-refractivity contribution is 0.121. The molecule has 1 saturated heterocycles. The van der Waals surface area contributed by atoms with Crippen molar-refractivity contribution < 1.29 is 4.74 Å². The minimum Gasteiger partial charge on any atom is -0.380 e. The Kier molecular flexibility index (Phi) is 4.14. The van der Waals surface area contributed by atoms with Crippen LogP contribution in [0.25, 0.3) is 22.4 Å². The van der Waals surface area contributed by atoms with E-state index in [-0.39, 0.29) is 6.10 Å². The zero-order valence-electron chi connectivity index (χ0n) is 15.0. The molecule has 1 fully saturated rings. The summed E-state index contributed by atoms with van der Waals surface area (Å²) in [6.45, 7) is 2.48. The highest BCUT2D eigenvalue weighted by Gasteiger charge is 2.28. The summed E-state index contributed by atoms with van der Waals surface area (Å²) >= 11 is 1.74. The van der Waals surface area contributed by atoms with Gasteiger partial charge in [0.25, 0.3) is 0 Å². The number of nitrogens with zero attached hydrogens (tertiary/aromatic N) is 5. The van der Waals surface area contributed by atoms with Gasteiger partial charge in [-0.3, -0.25) is 9.67 Å². The van der Waals surface area contributed by atoms with Crippen LogP contribution in [0.1, 0.15) is 11.3 Å². The van der Waals surface area contributed by atoms with Crippen LogP contribution in [0.2, 0.25) is 0 Å². The lowest BCUT2D eigenvalue weighted by atomic mass is 10.2. The zero-order chi connectivity index (χ0) is 18.2. The number of H-pyrrole nitrogens is 1. The van der Waals surface area contributed by atoms with Gasteiger partial charge in [-0.05, 0) is 23.9 Å². The van der Waals surface area contributed by atoms with Gasteiger partial charge in [0.1, 0.15) is 5.69 Å². The van der Waals surface area contributed by atoms with Gasteiger partial charge in [0.2, 0.25) is 5.95 Å². The number of ether oxygens (including phenoxy) is 1. The highest BCUT2D eigenvalue weighted by atomic mass is 32.1. The second kappa shape index (κ2) is 6.79. The molecule has 4 heterocycles. The Bertz CT molecular complexity index is 1050. The second-order valence-electron chi connectivity index (χ2n) is 6.70. The van der Waals surface area contributed by atoms with E-state index in [4.69, 9.17) is 4.74 Å². The van der Waals surface area contributed by atoms with E-state index in [9.17, 15) is 0 Å². The number of thiophene rings is 1. The van der Waals surface area contributed by atoms with Crippen molar-refractivity contribution in [3.05, 3.63) is 46.7 Å². The van der Waals surface area contributed by atoms with Gasteiger partial charge >= 0.3 is 0 Å². The van der Waals surface area contributed by atoms with Crippen LogP contribution in [-0.4, -0.2) is 51.3 Å². The number of aromatic amines is 1. The van der Waals surface area contributed by atoms with Gasteiger partial charge < -0.3 is 9.64 Å². The van der Waals surface area contributed by atoms with Crippen LogP contribution in [-0.2, 0) is 11.3 Å². The Hall–Kier alpha value is -2.71. The average Bonchev–Trinajstić information content (AvgIpc) is 3.48. The molecule has 0 saturated carbocycles. The standard InChI is InChI=1S/C19H20N6OS/c1-26-13-8-9-24(11-13)19-23-22-18(25(19)12-14-5-4-10-27-14)17-15-6-2-3-7-16(15)20-21-17/h2-7,10,13H,8-9,11-12H2,1H3,(H,20,21)/t13-/m1/s1. The lowest BCUT2D eigenvalue weighted by Gasteiger charge is -2.18. The molecule has 8 heteroatoms. The first-order valence-electron chi connectivity index (χ1n) is 9.00. The molecule has 3 aromatic heterocycles. The van der Waals surface area contributed by atoms with Crippen molar-refractivity contribution in [2.24, 2.45) is 0 Å².